The predicted molar refractivity (Wildman–Crippen MR) is 65.0 cm³/mol. The van der Waals surface area contributed by atoms with Crippen molar-refractivity contribution in [2.24, 2.45) is 0 Å². The number of pyridine rings is 1. The molecule has 0 saturated heterocycles. The van der Waals surface area contributed by atoms with Crippen LogP contribution in [-0.2, 0) is 6.18 Å². The number of aromatic nitrogens is 1. The number of halogens is 8. The predicted octanol–water partition coefficient (Wildman–Crippen LogP) is 5.04. The Morgan fingerprint density at radius 1 is 1.12 bits per heavy atom. The molecule has 1 aromatic heterocycles. The monoisotopic (exact) mass is 361 g/mol. The third kappa shape index (κ3) is 2.50. The van der Waals surface area contributed by atoms with E-state index in [1.54, 1.807) is 0 Å². The van der Waals surface area contributed by atoms with Crippen molar-refractivity contribution in [3.8, 4) is 5.88 Å². The molecule has 0 spiro atoms. The molecule has 0 unspecified atom stereocenters. The van der Waals surface area contributed by atoms with Gasteiger partial charge in [-0.05, 0) is 5.56 Å². The summed E-state index contributed by atoms with van der Waals surface area (Å²) in [5.41, 5.74) is -3.41. The Morgan fingerprint density at radius 2 is 1.71 bits per heavy atom. The molecule has 0 aliphatic heterocycles. The van der Waals surface area contributed by atoms with Crippen molar-refractivity contribution in [2.75, 3.05) is 0 Å². The van der Waals surface area contributed by atoms with E-state index in [-0.39, 0.29) is 6.20 Å². The van der Waals surface area contributed by atoms with Gasteiger partial charge in [0.25, 0.3) is 11.8 Å². The molecular formula is C14H11F8NO. The van der Waals surface area contributed by atoms with E-state index < -0.39 is 71.6 Å². The maximum atomic E-state index is 14.1. The molecule has 2 nitrogen and oxygen atoms in total. The van der Waals surface area contributed by atoms with Gasteiger partial charge in [-0.15, -0.1) is 0 Å². The zero-order valence-corrected chi connectivity index (χ0v) is 12.1. The van der Waals surface area contributed by atoms with Crippen LogP contribution in [0, 0.1) is 0 Å². The SMILES string of the molecule is C[C@H]1c2c(C(F)(F)F)cnc(OC3CC(F)(F)C3)c2[C@@H](F)C1(F)F. The van der Waals surface area contributed by atoms with Crippen LogP contribution in [0.2, 0.25) is 0 Å². The number of rotatable bonds is 2. The largest absolute Gasteiger partial charge is 0.474 e. The average molecular weight is 361 g/mol. The molecule has 3 rings (SSSR count). The number of ether oxygens (including phenoxy) is 1. The van der Waals surface area contributed by atoms with Crippen molar-refractivity contribution < 1.29 is 39.9 Å². The van der Waals surface area contributed by atoms with Crippen molar-refractivity contribution in [1.29, 1.82) is 0 Å². The molecule has 2 aliphatic carbocycles. The Labute approximate surface area is 130 Å². The van der Waals surface area contributed by atoms with E-state index in [9.17, 15) is 35.1 Å². The summed E-state index contributed by atoms with van der Waals surface area (Å²) >= 11 is 0. The minimum atomic E-state index is -5.01. The number of hydrogen-bond acceptors (Lipinski definition) is 2. The molecule has 0 bridgehead atoms. The highest BCUT2D eigenvalue weighted by atomic mass is 19.4. The normalized spacial score (nSPS) is 28.4. The number of fused-ring (bicyclic) bond motifs is 1. The Bertz CT molecular complexity index is 663. The fourth-order valence-electron chi connectivity index (χ4n) is 3.01. The molecule has 10 heteroatoms. The number of hydrogen-bond donors (Lipinski definition) is 0. The van der Waals surface area contributed by atoms with Crippen molar-refractivity contribution in [3.63, 3.8) is 0 Å². The maximum absolute atomic E-state index is 14.1. The standard InChI is InChI=1S/C14H11F8NO/c1-5-8-7(14(20,21)22)4-23-11(9(8)10(15)13(5,18)19)24-6-2-12(16,17)3-6/h4-6,10H,2-3H2,1H3/t5-,10+/m0/s1. The lowest BCUT2D eigenvalue weighted by atomic mass is 9.91. The summed E-state index contributed by atoms with van der Waals surface area (Å²) in [6.07, 6.45) is -10.3. The Morgan fingerprint density at radius 3 is 2.21 bits per heavy atom. The van der Waals surface area contributed by atoms with E-state index in [0.717, 1.165) is 6.92 Å². The van der Waals surface area contributed by atoms with Crippen LogP contribution in [0.4, 0.5) is 35.1 Å². The second kappa shape index (κ2) is 4.95. The summed E-state index contributed by atoms with van der Waals surface area (Å²) in [7, 11) is 0. The fourth-order valence-corrected chi connectivity index (χ4v) is 3.01. The van der Waals surface area contributed by atoms with E-state index in [4.69, 9.17) is 4.74 Å². The highest BCUT2D eigenvalue weighted by molar-refractivity contribution is 5.51. The summed E-state index contributed by atoms with van der Waals surface area (Å²) in [5, 5.41) is 0. The first-order chi connectivity index (χ1) is 10.8. The van der Waals surface area contributed by atoms with E-state index in [0.29, 0.717) is 0 Å². The minimum Gasteiger partial charge on any atom is -0.474 e. The zero-order chi connectivity index (χ0) is 18.1. The van der Waals surface area contributed by atoms with Gasteiger partial charge >= 0.3 is 6.18 Å². The van der Waals surface area contributed by atoms with Crippen LogP contribution >= 0.6 is 0 Å². The van der Waals surface area contributed by atoms with Crippen LogP contribution in [0.3, 0.4) is 0 Å². The minimum absolute atomic E-state index is 0.273. The third-order valence-electron chi connectivity index (χ3n) is 4.36. The van der Waals surface area contributed by atoms with Crippen LogP contribution in [0.15, 0.2) is 6.20 Å². The van der Waals surface area contributed by atoms with Crippen molar-refractivity contribution in [3.05, 3.63) is 22.9 Å². The molecule has 134 valence electrons. The highest BCUT2D eigenvalue weighted by Crippen LogP contribution is 2.58. The van der Waals surface area contributed by atoms with Gasteiger partial charge in [-0.1, -0.05) is 6.92 Å². The molecule has 0 radical (unpaired) electrons. The van der Waals surface area contributed by atoms with E-state index in [1.807, 2.05) is 0 Å². The van der Waals surface area contributed by atoms with Gasteiger partial charge in [0.15, 0.2) is 6.17 Å². The lowest BCUT2D eigenvalue weighted by Crippen LogP contribution is -2.43. The van der Waals surface area contributed by atoms with Crippen LogP contribution in [0.1, 0.15) is 48.5 Å². The van der Waals surface area contributed by atoms with Gasteiger partial charge in [-0.25, -0.2) is 26.9 Å². The van der Waals surface area contributed by atoms with Crippen molar-refractivity contribution in [2.45, 2.75) is 56.0 Å². The van der Waals surface area contributed by atoms with Crippen molar-refractivity contribution in [1.82, 2.24) is 4.98 Å². The first-order valence-electron chi connectivity index (χ1n) is 7.01. The summed E-state index contributed by atoms with van der Waals surface area (Å²) in [6.45, 7) is 0.773. The quantitative estimate of drug-likeness (QED) is 0.689. The molecule has 0 aromatic carbocycles. The van der Waals surface area contributed by atoms with Crippen molar-refractivity contribution >= 4 is 0 Å². The highest BCUT2D eigenvalue weighted by Gasteiger charge is 2.59. The van der Waals surface area contributed by atoms with E-state index in [2.05, 4.69) is 4.98 Å². The molecule has 2 atom stereocenters. The lowest BCUT2D eigenvalue weighted by molar-refractivity contribution is -0.139. The summed E-state index contributed by atoms with van der Waals surface area (Å²) in [6, 6.07) is 0. The van der Waals surface area contributed by atoms with E-state index in [1.165, 1.54) is 0 Å². The third-order valence-corrected chi connectivity index (χ3v) is 4.36. The summed E-state index contributed by atoms with van der Waals surface area (Å²) in [5.74, 6) is -9.90. The zero-order valence-electron chi connectivity index (χ0n) is 12.1. The molecule has 2 aliphatic rings. The molecule has 1 fully saturated rings. The topological polar surface area (TPSA) is 22.1 Å². The summed E-state index contributed by atoms with van der Waals surface area (Å²) in [4.78, 5) is 3.28. The Balaban J connectivity index is 2.05. The Kier molecular flexibility index (Phi) is 3.55. The maximum Gasteiger partial charge on any atom is 0.418 e. The van der Waals surface area contributed by atoms with Gasteiger partial charge in [-0.3, -0.25) is 0 Å². The molecular weight excluding hydrogens is 350 g/mol. The molecule has 1 aromatic rings. The molecule has 0 amide bonds. The van der Waals surface area contributed by atoms with Gasteiger partial charge in [0, 0.05) is 25.0 Å². The van der Waals surface area contributed by atoms with Crippen LogP contribution in [-0.4, -0.2) is 22.9 Å². The van der Waals surface area contributed by atoms with Gasteiger partial charge in [0.1, 0.15) is 6.10 Å². The van der Waals surface area contributed by atoms with Gasteiger partial charge < -0.3 is 4.74 Å². The lowest BCUT2D eigenvalue weighted by Gasteiger charge is -2.35. The molecule has 1 saturated carbocycles. The Hall–Kier alpha value is -1.61. The number of alkyl halides is 8. The van der Waals surface area contributed by atoms with Gasteiger partial charge in [0.05, 0.1) is 11.1 Å². The molecule has 24 heavy (non-hydrogen) atoms. The van der Waals surface area contributed by atoms with Crippen LogP contribution in [0.25, 0.3) is 0 Å². The van der Waals surface area contributed by atoms with E-state index >= 15 is 0 Å². The summed E-state index contributed by atoms with van der Waals surface area (Å²) < 4.78 is 112. The van der Waals surface area contributed by atoms with Gasteiger partial charge in [0.2, 0.25) is 5.88 Å². The number of nitrogens with zero attached hydrogens (tertiary/aromatic N) is 1. The first kappa shape index (κ1) is 17.2. The van der Waals surface area contributed by atoms with Crippen LogP contribution in [0.5, 0.6) is 5.88 Å². The molecule has 0 N–H and O–H groups in total. The second-order valence-electron chi connectivity index (χ2n) is 6.06. The second-order valence-corrected chi connectivity index (χ2v) is 6.06. The fraction of sp³-hybridized carbons (Fsp3) is 0.643. The smallest absolute Gasteiger partial charge is 0.418 e. The molecule has 1 heterocycles. The average Bonchev–Trinajstić information content (AvgIpc) is 2.58. The first-order valence-corrected chi connectivity index (χ1v) is 7.01. The van der Waals surface area contributed by atoms with Crippen LogP contribution < -0.4 is 4.74 Å². The van der Waals surface area contributed by atoms with Gasteiger partial charge in [-0.2, -0.15) is 13.2 Å².